The van der Waals surface area contributed by atoms with Gasteiger partial charge in [-0.1, -0.05) is 25.1 Å². The Bertz CT molecular complexity index is 617. The summed E-state index contributed by atoms with van der Waals surface area (Å²) in [5.74, 6) is 1.82. The average molecular weight is 354 g/mol. The smallest absolute Gasteiger partial charge is 0.408 e. The molecule has 0 saturated heterocycles. The fourth-order valence-electron chi connectivity index (χ4n) is 1.65. The third-order valence-corrected chi connectivity index (χ3v) is 7.15. The Labute approximate surface area is 140 Å². The van der Waals surface area contributed by atoms with E-state index in [0.29, 0.717) is 17.3 Å². The largest absolute Gasteiger partial charge is 0.492 e. The number of benzene rings is 2. The minimum atomic E-state index is -3.29. The second-order valence-electron chi connectivity index (χ2n) is 4.45. The Hall–Kier alpha value is -1.03. The van der Waals surface area contributed by atoms with Crippen LogP contribution in [-0.4, -0.2) is 12.0 Å². The fourth-order valence-corrected chi connectivity index (χ4v) is 5.42. The number of para-hydroxylation sites is 1. The van der Waals surface area contributed by atoms with E-state index in [1.54, 1.807) is 23.9 Å². The van der Waals surface area contributed by atoms with Crippen LogP contribution in [0.4, 0.5) is 0 Å². The lowest BCUT2D eigenvalue weighted by Crippen LogP contribution is -1.98. The second kappa shape index (κ2) is 8.56. The molecule has 3 nitrogen and oxygen atoms in total. The van der Waals surface area contributed by atoms with Crippen molar-refractivity contribution in [2.75, 3.05) is 12.0 Å². The molecule has 0 aliphatic carbocycles. The van der Waals surface area contributed by atoms with Gasteiger partial charge in [-0.25, -0.2) is 4.57 Å². The number of thioether (sulfide) groups is 1. The van der Waals surface area contributed by atoms with Crippen LogP contribution in [-0.2, 0) is 4.57 Å². The van der Waals surface area contributed by atoms with Gasteiger partial charge >= 0.3 is 6.80 Å². The molecule has 0 N–H and O–H groups in total. The third kappa shape index (κ3) is 5.31. The zero-order valence-electron chi connectivity index (χ0n) is 12.6. The molecule has 0 amide bonds. The molecule has 0 radical (unpaired) electrons. The molecule has 118 valence electrons. The summed E-state index contributed by atoms with van der Waals surface area (Å²) in [5.41, 5.74) is 0. The van der Waals surface area contributed by atoms with Gasteiger partial charge in [0.15, 0.2) is 0 Å². The maximum absolute atomic E-state index is 13.0. The molecule has 0 heterocycles. The maximum Gasteiger partial charge on any atom is 0.492 e. The van der Waals surface area contributed by atoms with Crippen LogP contribution in [0.1, 0.15) is 13.3 Å². The highest BCUT2D eigenvalue weighted by Crippen LogP contribution is 2.59. The minimum absolute atomic E-state index is 0.551. The van der Waals surface area contributed by atoms with Crippen molar-refractivity contribution < 1.29 is 13.6 Å². The SMILES string of the molecule is CCCSP(=O)(Oc1ccccc1)Oc1ccc(SC)cc1. The van der Waals surface area contributed by atoms with E-state index in [9.17, 15) is 4.57 Å². The quantitative estimate of drug-likeness (QED) is 0.422. The van der Waals surface area contributed by atoms with Crippen LogP contribution in [0.5, 0.6) is 11.5 Å². The number of hydrogen-bond acceptors (Lipinski definition) is 5. The fraction of sp³-hybridized carbons (Fsp3) is 0.250. The molecule has 22 heavy (non-hydrogen) atoms. The van der Waals surface area contributed by atoms with E-state index in [-0.39, 0.29) is 0 Å². The van der Waals surface area contributed by atoms with Gasteiger partial charge in [0.1, 0.15) is 11.5 Å². The molecule has 0 aromatic heterocycles. The third-order valence-electron chi connectivity index (χ3n) is 2.69. The molecule has 0 bridgehead atoms. The Morgan fingerprint density at radius 1 is 0.955 bits per heavy atom. The van der Waals surface area contributed by atoms with Gasteiger partial charge in [-0.2, -0.15) is 0 Å². The zero-order chi connectivity index (χ0) is 15.8. The highest BCUT2D eigenvalue weighted by Gasteiger charge is 2.29. The Morgan fingerprint density at radius 2 is 1.55 bits per heavy atom. The molecule has 2 aromatic rings. The van der Waals surface area contributed by atoms with Crippen molar-refractivity contribution in [3.63, 3.8) is 0 Å². The van der Waals surface area contributed by atoms with Gasteiger partial charge in [-0.3, -0.25) is 0 Å². The van der Waals surface area contributed by atoms with E-state index in [4.69, 9.17) is 9.05 Å². The van der Waals surface area contributed by atoms with Crippen LogP contribution in [0.15, 0.2) is 59.5 Å². The monoisotopic (exact) mass is 354 g/mol. The molecule has 0 fully saturated rings. The van der Waals surface area contributed by atoms with Gasteiger partial charge in [0, 0.05) is 10.6 Å². The van der Waals surface area contributed by atoms with Gasteiger partial charge in [0.2, 0.25) is 0 Å². The first-order chi connectivity index (χ1) is 10.6. The molecule has 0 spiro atoms. The molecule has 2 rings (SSSR count). The highest BCUT2D eigenvalue weighted by atomic mass is 32.7. The average Bonchev–Trinajstić information content (AvgIpc) is 2.54. The summed E-state index contributed by atoms with van der Waals surface area (Å²) < 4.78 is 24.3. The van der Waals surface area contributed by atoms with E-state index >= 15 is 0 Å². The molecule has 0 aliphatic rings. The van der Waals surface area contributed by atoms with Crippen LogP contribution in [0, 0.1) is 0 Å². The molecule has 2 aromatic carbocycles. The summed E-state index contributed by atoms with van der Waals surface area (Å²) >= 11 is 2.88. The minimum Gasteiger partial charge on any atom is -0.408 e. The molecule has 0 saturated carbocycles. The van der Waals surface area contributed by atoms with Gasteiger partial charge in [0.05, 0.1) is 0 Å². The zero-order valence-corrected chi connectivity index (χ0v) is 15.1. The molecular formula is C16H19O3PS2. The number of rotatable bonds is 8. The summed E-state index contributed by atoms with van der Waals surface area (Å²) in [6.45, 7) is -1.26. The number of hydrogen-bond donors (Lipinski definition) is 0. The molecule has 1 atom stereocenters. The maximum atomic E-state index is 13.0. The van der Waals surface area contributed by atoms with Gasteiger partial charge < -0.3 is 9.05 Å². The van der Waals surface area contributed by atoms with E-state index in [1.165, 1.54) is 11.4 Å². The van der Waals surface area contributed by atoms with Crippen LogP contribution in [0.2, 0.25) is 0 Å². The second-order valence-corrected chi connectivity index (χ2v) is 9.37. The summed E-state index contributed by atoms with van der Waals surface area (Å²) in [4.78, 5) is 1.13. The lowest BCUT2D eigenvalue weighted by molar-refractivity contribution is 0.408. The molecular weight excluding hydrogens is 335 g/mol. The first kappa shape index (κ1) is 17.3. The van der Waals surface area contributed by atoms with Crippen LogP contribution >= 0.6 is 29.9 Å². The first-order valence-electron chi connectivity index (χ1n) is 6.98. The van der Waals surface area contributed by atoms with Crippen molar-refractivity contribution in [3.05, 3.63) is 54.6 Å². The van der Waals surface area contributed by atoms with Crippen LogP contribution in [0.25, 0.3) is 0 Å². The summed E-state index contributed by atoms with van der Waals surface area (Å²) in [7, 11) is 0. The van der Waals surface area contributed by atoms with Crippen LogP contribution in [0.3, 0.4) is 0 Å². The van der Waals surface area contributed by atoms with Gasteiger partial charge in [0.25, 0.3) is 0 Å². The molecule has 6 heteroatoms. The Kier molecular flexibility index (Phi) is 6.74. The normalized spacial score (nSPS) is 13.4. The first-order valence-corrected chi connectivity index (χ1v) is 11.3. The van der Waals surface area contributed by atoms with Crippen molar-refractivity contribution in [2.24, 2.45) is 0 Å². The molecule has 0 aliphatic heterocycles. The highest BCUT2D eigenvalue weighted by molar-refractivity contribution is 8.55. The summed E-state index contributed by atoms with van der Waals surface area (Å²) in [6.07, 6.45) is 2.91. The van der Waals surface area contributed by atoms with E-state index in [1.807, 2.05) is 55.6 Å². The van der Waals surface area contributed by atoms with Crippen molar-refractivity contribution in [2.45, 2.75) is 18.2 Å². The lowest BCUT2D eigenvalue weighted by Gasteiger charge is -2.19. The predicted molar refractivity (Wildman–Crippen MR) is 96.3 cm³/mol. The van der Waals surface area contributed by atoms with Crippen LogP contribution < -0.4 is 9.05 Å². The summed E-state index contributed by atoms with van der Waals surface area (Å²) in [5, 5.41) is 0. The Balaban J connectivity index is 2.14. The van der Waals surface area contributed by atoms with E-state index in [2.05, 4.69) is 0 Å². The predicted octanol–water partition coefficient (Wildman–Crippen LogP) is 6.12. The van der Waals surface area contributed by atoms with Crippen molar-refractivity contribution in [3.8, 4) is 11.5 Å². The standard InChI is InChI=1S/C16H19O3PS2/c1-3-13-22-20(17,18-14-7-5-4-6-8-14)19-15-9-11-16(21-2)12-10-15/h4-12H,3,13H2,1-2H3. The van der Waals surface area contributed by atoms with Gasteiger partial charge in [-0.05, 0) is 60.5 Å². The van der Waals surface area contributed by atoms with Crippen molar-refractivity contribution in [1.82, 2.24) is 0 Å². The lowest BCUT2D eigenvalue weighted by atomic mass is 10.3. The van der Waals surface area contributed by atoms with E-state index < -0.39 is 6.80 Å². The molecule has 1 unspecified atom stereocenters. The van der Waals surface area contributed by atoms with Crippen molar-refractivity contribution in [1.29, 1.82) is 0 Å². The van der Waals surface area contributed by atoms with E-state index in [0.717, 1.165) is 11.3 Å². The van der Waals surface area contributed by atoms with Gasteiger partial charge in [-0.15, -0.1) is 11.8 Å². The summed E-state index contributed by atoms with van der Waals surface area (Å²) in [6, 6.07) is 16.7. The topological polar surface area (TPSA) is 35.5 Å². The Morgan fingerprint density at radius 3 is 2.09 bits per heavy atom. The van der Waals surface area contributed by atoms with Crippen molar-refractivity contribution >= 4 is 29.9 Å².